The summed E-state index contributed by atoms with van der Waals surface area (Å²) in [5.74, 6) is -2.76. The monoisotopic (exact) mass is 507 g/mol. The molecule has 1 spiro atoms. The molecule has 3 heterocycles. The van der Waals surface area contributed by atoms with Gasteiger partial charge in [-0.2, -0.15) is 17.5 Å². The Bertz CT molecular complexity index is 957. The Morgan fingerprint density at radius 2 is 1.71 bits per heavy atom. The normalized spacial score (nSPS) is 24.6. The van der Waals surface area contributed by atoms with Crippen LogP contribution >= 0.6 is 0 Å². The predicted molar refractivity (Wildman–Crippen MR) is 119 cm³/mol. The molecule has 1 unspecified atom stereocenters. The van der Waals surface area contributed by atoms with Gasteiger partial charge in [-0.1, -0.05) is 12.1 Å². The van der Waals surface area contributed by atoms with Crippen LogP contribution in [-0.2, 0) is 19.6 Å². The highest BCUT2D eigenvalue weighted by atomic mass is 32.2. The number of piperidine rings is 1. The summed E-state index contributed by atoms with van der Waals surface area (Å²) in [7, 11) is -1.23. The number of carbonyl (C=O) groups is 1. The third-order valence-electron chi connectivity index (χ3n) is 6.75. The molecule has 0 aliphatic carbocycles. The van der Waals surface area contributed by atoms with E-state index in [4.69, 9.17) is 14.6 Å². The van der Waals surface area contributed by atoms with Gasteiger partial charge in [0.05, 0.1) is 17.1 Å². The molecule has 1 N–H and O–H groups in total. The fourth-order valence-electron chi connectivity index (χ4n) is 4.65. The number of halogens is 3. The number of rotatable bonds is 3. The molecule has 1 atom stereocenters. The summed E-state index contributed by atoms with van der Waals surface area (Å²) in [5, 5.41) is 7.12. The first-order valence-corrected chi connectivity index (χ1v) is 12.7. The number of hydrogen-bond acceptors (Lipinski definition) is 6. The van der Waals surface area contributed by atoms with Crippen LogP contribution < -0.4 is 0 Å². The number of alkyl halides is 3. The molecule has 3 aliphatic heterocycles. The molecule has 8 nitrogen and oxygen atoms in total. The van der Waals surface area contributed by atoms with Crippen LogP contribution in [0.2, 0.25) is 0 Å². The number of aliphatic carboxylic acids is 1. The standard InChI is InChI=1S/C20H31N3O3S.C2HF3O2/c1-17-4-3-5-19(14-17)27(24,25)23-8-6-20(7-9-23)15-18(16-26-20)22-12-10-21(2)11-13-22;3-2(4,5)1(6)7/h3-5,14,18H,6-13,15-16H2,1-2H3;(H,6,7). The zero-order chi connectivity index (χ0) is 25.1. The molecule has 3 saturated heterocycles. The lowest BCUT2D eigenvalue weighted by Crippen LogP contribution is -2.50. The third-order valence-corrected chi connectivity index (χ3v) is 8.64. The molecular formula is C22H32F3N3O5S. The molecule has 0 bridgehead atoms. The molecule has 0 aromatic heterocycles. The predicted octanol–water partition coefficient (Wildman–Crippen LogP) is 2.19. The summed E-state index contributed by atoms with van der Waals surface area (Å²) >= 11 is 0. The van der Waals surface area contributed by atoms with Crippen molar-refractivity contribution in [2.24, 2.45) is 0 Å². The van der Waals surface area contributed by atoms with E-state index in [1.807, 2.05) is 19.1 Å². The van der Waals surface area contributed by atoms with E-state index in [9.17, 15) is 21.6 Å². The maximum atomic E-state index is 13.0. The minimum atomic E-state index is -5.08. The van der Waals surface area contributed by atoms with Crippen LogP contribution in [0.25, 0.3) is 0 Å². The number of piperazine rings is 1. The molecule has 0 radical (unpaired) electrons. The van der Waals surface area contributed by atoms with E-state index in [1.165, 1.54) is 0 Å². The lowest BCUT2D eigenvalue weighted by Gasteiger charge is -2.39. The number of likely N-dealkylation sites (N-methyl/N-ethyl adjacent to an activating group) is 1. The first kappa shape index (κ1) is 26.9. The van der Waals surface area contributed by atoms with Crippen molar-refractivity contribution < 1.29 is 36.2 Å². The van der Waals surface area contributed by atoms with Gasteiger partial charge in [0.2, 0.25) is 10.0 Å². The molecule has 12 heteroatoms. The highest BCUT2D eigenvalue weighted by Crippen LogP contribution is 2.39. The lowest BCUT2D eigenvalue weighted by molar-refractivity contribution is -0.192. The number of carboxylic acid groups (broad SMARTS) is 1. The van der Waals surface area contributed by atoms with Crippen LogP contribution in [0.5, 0.6) is 0 Å². The van der Waals surface area contributed by atoms with E-state index in [0.29, 0.717) is 24.0 Å². The van der Waals surface area contributed by atoms with Crippen molar-refractivity contribution >= 4 is 16.0 Å². The molecule has 192 valence electrons. The molecule has 1 aromatic rings. The summed E-state index contributed by atoms with van der Waals surface area (Å²) in [5.41, 5.74) is 0.839. The highest BCUT2D eigenvalue weighted by molar-refractivity contribution is 7.89. The zero-order valence-electron chi connectivity index (χ0n) is 19.4. The van der Waals surface area contributed by atoms with Crippen LogP contribution in [0.1, 0.15) is 24.8 Å². The summed E-state index contributed by atoms with van der Waals surface area (Å²) in [4.78, 5) is 14.2. The van der Waals surface area contributed by atoms with Gasteiger partial charge in [-0.3, -0.25) is 4.90 Å². The first-order valence-electron chi connectivity index (χ1n) is 11.3. The number of aryl methyl sites for hydroxylation is 1. The Balaban J connectivity index is 0.000000406. The van der Waals surface area contributed by atoms with E-state index < -0.39 is 22.2 Å². The van der Waals surface area contributed by atoms with Crippen molar-refractivity contribution in [3.8, 4) is 0 Å². The molecule has 34 heavy (non-hydrogen) atoms. The first-order chi connectivity index (χ1) is 15.8. The number of nitrogens with zero attached hydrogens (tertiary/aromatic N) is 3. The zero-order valence-corrected chi connectivity index (χ0v) is 20.2. The summed E-state index contributed by atoms with van der Waals surface area (Å²) in [6, 6.07) is 7.68. The molecule has 4 rings (SSSR count). The lowest BCUT2D eigenvalue weighted by atomic mass is 9.88. The topological polar surface area (TPSA) is 90.4 Å². The van der Waals surface area contributed by atoms with Crippen molar-refractivity contribution in [3.63, 3.8) is 0 Å². The third kappa shape index (κ3) is 6.48. The van der Waals surface area contributed by atoms with Crippen LogP contribution in [0.4, 0.5) is 13.2 Å². The van der Waals surface area contributed by atoms with Gasteiger partial charge in [0.25, 0.3) is 0 Å². The molecular weight excluding hydrogens is 475 g/mol. The van der Waals surface area contributed by atoms with Crippen molar-refractivity contribution in [2.75, 3.05) is 52.9 Å². The second-order valence-corrected chi connectivity index (χ2v) is 11.2. The fourth-order valence-corrected chi connectivity index (χ4v) is 6.20. The van der Waals surface area contributed by atoms with E-state index in [2.05, 4.69) is 16.8 Å². The van der Waals surface area contributed by atoms with E-state index >= 15 is 0 Å². The van der Waals surface area contributed by atoms with Gasteiger partial charge in [-0.25, -0.2) is 13.2 Å². The molecule has 0 saturated carbocycles. The van der Waals surface area contributed by atoms with Gasteiger partial charge in [0, 0.05) is 45.3 Å². The minimum absolute atomic E-state index is 0.132. The molecule has 0 amide bonds. The number of sulfonamides is 1. The van der Waals surface area contributed by atoms with Crippen molar-refractivity contribution in [3.05, 3.63) is 29.8 Å². The van der Waals surface area contributed by atoms with Crippen molar-refractivity contribution in [1.82, 2.24) is 14.1 Å². The molecule has 1 aromatic carbocycles. The highest BCUT2D eigenvalue weighted by Gasteiger charge is 2.46. The largest absolute Gasteiger partial charge is 0.490 e. The second-order valence-electron chi connectivity index (χ2n) is 9.21. The van der Waals surface area contributed by atoms with Crippen molar-refractivity contribution in [2.45, 2.75) is 48.9 Å². The average molecular weight is 508 g/mol. The van der Waals surface area contributed by atoms with Gasteiger partial charge in [0.1, 0.15) is 0 Å². The maximum absolute atomic E-state index is 13.0. The fraction of sp³-hybridized carbons (Fsp3) is 0.682. The number of carboxylic acids is 1. The Morgan fingerprint density at radius 3 is 2.24 bits per heavy atom. The molecule has 3 fully saturated rings. The smallest absolute Gasteiger partial charge is 0.475 e. The Labute approximate surface area is 198 Å². The Hall–Kier alpha value is -1.73. The van der Waals surface area contributed by atoms with Gasteiger partial charge < -0.3 is 14.7 Å². The van der Waals surface area contributed by atoms with Crippen LogP contribution in [0.3, 0.4) is 0 Å². The van der Waals surface area contributed by atoms with Gasteiger partial charge in [0.15, 0.2) is 0 Å². The minimum Gasteiger partial charge on any atom is -0.475 e. The van der Waals surface area contributed by atoms with Gasteiger partial charge in [-0.05, 0) is 50.9 Å². The number of hydrogen-bond donors (Lipinski definition) is 1. The van der Waals surface area contributed by atoms with Crippen LogP contribution in [0.15, 0.2) is 29.2 Å². The van der Waals surface area contributed by atoms with E-state index in [1.54, 1.807) is 16.4 Å². The quantitative estimate of drug-likeness (QED) is 0.671. The second kappa shape index (κ2) is 10.5. The molecule has 3 aliphatic rings. The van der Waals surface area contributed by atoms with Crippen LogP contribution in [0, 0.1) is 6.92 Å². The summed E-state index contributed by atoms with van der Waals surface area (Å²) in [6.45, 7) is 8.25. The van der Waals surface area contributed by atoms with Crippen molar-refractivity contribution in [1.29, 1.82) is 0 Å². The number of benzene rings is 1. The van der Waals surface area contributed by atoms with Crippen LogP contribution in [-0.4, -0.2) is 104 Å². The van der Waals surface area contributed by atoms with E-state index in [-0.39, 0.29) is 5.60 Å². The van der Waals surface area contributed by atoms with Gasteiger partial charge >= 0.3 is 12.1 Å². The SMILES string of the molecule is Cc1cccc(S(=O)(=O)N2CCC3(CC2)CC(N2CCN(C)CC2)CO3)c1.O=C(O)C(F)(F)F. The average Bonchev–Trinajstić information content (AvgIpc) is 3.18. The van der Waals surface area contributed by atoms with Gasteiger partial charge in [-0.15, -0.1) is 0 Å². The summed E-state index contributed by atoms with van der Waals surface area (Å²) < 4.78 is 65.6. The summed E-state index contributed by atoms with van der Waals surface area (Å²) in [6.07, 6.45) is -2.46. The Morgan fingerprint density at radius 1 is 1.12 bits per heavy atom. The Kier molecular flexibility index (Phi) is 8.29. The maximum Gasteiger partial charge on any atom is 0.490 e. The van der Waals surface area contributed by atoms with E-state index in [0.717, 1.165) is 57.6 Å². The number of ether oxygens (including phenoxy) is 1.